The van der Waals surface area contributed by atoms with Crippen LogP contribution in [0.4, 0.5) is 0 Å². The summed E-state index contributed by atoms with van der Waals surface area (Å²) in [6.45, 7) is 1.79. The number of esters is 2. The molecule has 0 spiro atoms. The normalized spacial score (nSPS) is 10.8. The Balaban J connectivity index is 1.84. The molecule has 0 fully saturated rings. The lowest BCUT2D eigenvalue weighted by Gasteiger charge is -2.10. The zero-order valence-corrected chi connectivity index (χ0v) is 18.6. The first-order valence-electron chi connectivity index (χ1n) is 9.27. The number of ether oxygens (including phenoxy) is 2. The number of thiophene rings is 1. The molecule has 0 atom stereocenters. The van der Waals surface area contributed by atoms with E-state index in [9.17, 15) is 14.4 Å². The molecule has 4 rings (SSSR count). The van der Waals surface area contributed by atoms with Crippen molar-refractivity contribution >= 4 is 50.2 Å². The van der Waals surface area contributed by atoms with Crippen molar-refractivity contribution in [2.45, 2.75) is 6.92 Å². The van der Waals surface area contributed by atoms with Gasteiger partial charge < -0.3 is 13.9 Å². The zero-order valence-electron chi connectivity index (χ0n) is 16.2. The second-order valence-electron chi connectivity index (χ2n) is 6.39. The van der Waals surface area contributed by atoms with Crippen molar-refractivity contribution in [2.24, 2.45) is 0 Å². The summed E-state index contributed by atoms with van der Waals surface area (Å²) in [5.74, 6) is -1.28. The molecule has 0 aliphatic carbocycles. The second-order valence-corrected chi connectivity index (χ2v) is 8.25. The van der Waals surface area contributed by atoms with Gasteiger partial charge in [-0.3, -0.25) is 4.79 Å². The average molecular weight is 499 g/mol. The molecule has 0 amide bonds. The van der Waals surface area contributed by atoms with Gasteiger partial charge in [-0.15, -0.1) is 11.3 Å². The van der Waals surface area contributed by atoms with E-state index in [0.29, 0.717) is 10.4 Å². The second kappa shape index (κ2) is 8.87. The van der Waals surface area contributed by atoms with Crippen LogP contribution in [0.15, 0.2) is 73.7 Å². The lowest BCUT2D eigenvalue weighted by molar-refractivity contribution is 0.0491. The summed E-state index contributed by atoms with van der Waals surface area (Å²) in [6, 6.07) is 14.8. The maximum atomic E-state index is 13.3. The van der Waals surface area contributed by atoms with E-state index >= 15 is 0 Å². The van der Waals surface area contributed by atoms with E-state index in [1.807, 2.05) is 0 Å². The first kappa shape index (κ1) is 21.0. The van der Waals surface area contributed by atoms with Gasteiger partial charge >= 0.3 is 11.9 Å². The average Bonchev–Trinajstić information content (AvgIpc) is 3.30. The molecule has 0 bridgehead atoms. The van der Waals surface area contributed by atoms with Gasteiger partial charge in [0.15, 0.2) is 0 Å². The Morgan fingerprint density at radius 3 is 2.52 bits per heavy atom. The molecule has 0 N–H and O–H groups in total. The number of hydrogen-bond acceptors (Lipinski definition) is 7. The molecule has 0 radical (unpaired) electrons. The molecule has 6 nitrogen and oxygen atoms in total. The van der Waals surface area contributed by atoms with Crippen molar-refractivity contribution < 1.29 is 23.5 Å². The largest absolute Gasteiger partial charge is 0.460 e. The van der Waals surface area contributed by atoms with Crippen molar-refractivity contribution in [3.05, 3.63) is 85.3 Å². The summed E-state index contributed by atoms with van der Waals surface area (Å²) in [7, 11) is 0. The number of rotatable bonds is 5. The van der Waals surface area contributed by atoms with E-state index in [-0.39, 0.29) is 40.1 Å². The Labute approximate surface area is 189 Å². The van der Waals surface area contributed by atoms with Crippen LogP contribution in [0, 0.1) is 0 Å². The fourth-order valence-corrected chi connectivity index (χ4v) is 3.87. The predicted octanol–water partition coefficient (Wildman–Crippen LogP) is 5.68. The van der Waals surface area contributed by atoms with Crippen LogP contribution in [0.2, 0.25) is 0 Å². The Bertz CT molecular complexity index is 1320. The molecular formula is C23H15BrO6S. The fourth-order valence-electron chi connectivity index (χ4n) is 3.01. The van der Waals surface area contributed by atoms with E-state index in [4.69, 9.17) is 13.9 Å². The van der Waals surface area contributed by atoms with Gasteiger partial charge in [-0.2, -0.15) is 0 Å². The van der Waals surface area contributed by atoms with Crippen molar-refractivity contribution in [1.82, 2.24) is 0 Å². The molecule has 2 aromatic heterocycles. The summed E-state index contributed by atoms with van der Waals surface area (Å²) in [4.78, 5) is 38.5. The third-order valence-corrected chi connectivity index (χ3v) is 5.77. The van der Waals surface area contributed by atoms with Crippen molar-refractivity contribution in [1.29, 1.82) is 0 Å². The Kier molecular flexibility index (Phi) is 6.01. The predicted molar refractivity (Wildman–Crippen MR) is 121 cm³/mol. The van der Waals surface area contributed by atoms with Gasteiger partial charge in [-0.05, 0) is 48.2 Å². The third kappa shape index (κ3) is 4.30. The van der Waals surface area contributed by atoms with E-state index in [1.54, 1.807) is 48.7 Å². The molecule has 0 saturated carbocycles. The molecule has 0 unspecified atom stereocenters. The van der Waals surface area contributed by atoms with Gasteiger partial charge in [0.1, 0.15) is 16.2 Å². The van der Waals surface area contributed by atoms with Crippen molar-refractivity contribution in [2.75, 3.05) is 6.61 Å². The summed E-state index contributed by atoms with van der Waals surface area (Å²) in [5, 5.41) is 2.02. The van der Waals surface area contributed by atoms with Crippen LogP contribution in [0.5, 0.6) is 5.75 Å². The maximum absolute atomic E-state index is 13.3. The Hall–Kier alpha value is -3.23. The van der Waals surface area contributed by atoms with Crippen molar-refractivity contribution in [3.8, 4) is 16.9 Å². The number of halogens is 1. The minimum absolute atomic E-state index is 0.113. The van der Waals surface area contributed by atoms with Gasteiger partial charge in [-0.1, -0.05) is 34.1 Å². The molecule has 31 heavy (non-hydrogen) atoms. The number of benzene rings is 2. The van der Waals surface area contributed by atoms with Crippen LogP contribution >= 0.6 is 27.3 Å². The summed E-state index contributed by atoms with van der Waals surface area (Å²) < 4.78 is 17.1. The van der Waals surface area contributed by atoms with Gasteiger partial charge in [-0.25, -0.2) is 9.59 Å². The molecule has 4 aromatic rings. The van der Waals surface area contributed by atoms with Crippen LogP contribution in [0.3, 0.4) is 0 Å². The number of carbonyl (C=O) groups excluding carboxylic acids is 2. The maximum Gasteiger partial charge on any atom is 0.375 e. The highest BCUT2D eigenvalue weighted by molar-refractivity contribution is 9.10. The van der Waals surface area contributed by atoms with E-state index < -0.39 is 11.9 Å². The van der Waals surface area contributed by atoms with Crippen LogP contribution in [-0.4, -0.2) is 18.5 Å². The fraction of sp³-hybridized carbons (Fsp3) is 0.0870. The minimum Gasteiger partial charge on any atom is -0.460 e. The highest BCUT2D eigenvalue weighted by Crippen LogP contribution is 2.29. The Morgan fingerprint density at radius 2 is 1.84 bits per heavy atom. The lowest BCUT2D eigenvalue weighted by atomic mass is 10.0. The number of fused-ring (bicyclic) bond motifs is 1. The quantitative estimate of drug-likeness (QED) is 0.260. The molecule has 8 heteroatoms. The standard InChI is InChI=1S/C23H15BrO6S/c1-2-28-23(27)21-19(13-5-7-14(24)8-6-13)20(25)16-10-9-15(12-17(16)30-21)29-22(26)18-4-3-11-31-18/h3-12H,2H2,1H3. The lowest BCUT2D eigenvalue weighted by Crippen LogP contribution is -2.15. The minimum atomic E-state index is -0.750. The monoisotopic (exact) mass is 498 g/mol. The van der Waals surface area contributed by atoms with Crippen LogP contribution in [0.25, 0.3) is 22.1 Å². The first-order chi connectivity index (χ1) is 15.0. The molecule has 0 aliphatic heterocycles. The van der Waals surface area contributed by atoms with E-state index in [1.165, 1.54) is 29.5 Å². The topological polar surface area (TPSA) is 82.8 Å². The van der Waals surface area contributed by atoms with E-state index in [2.05, 4.69) is 15.9 Å². The van der Waals surface area contributed by atoms with Crippen molar-refractivity contribution in [3.63, 3.8) is 0 Å². The Morgan fingerprint density at radius 1 is 1.06 bits per heavy atom. The zero-order chi connectivity index (χ0) is 22.0. The first-order valence-corrected chi connectivity index (χ1v) is 10.9. The van der Waals surface area contributed by atoms with Crippen LogP contribution in [-0.2, 0) is 4.74 Å². The number of hydrogen-bond donors (Lipinski definition) is 0. The van der Waals surface area contributed by atoms with Crippen LogP contribution in [0.1, 0.15) is 27.2 Å². The molecule has 2 heterocycles. The van der Waals surface area contributed by atoms with Gasteiger partial charge in [0, 0.05) is 10.5 Å². The summed E-state index contributed by atoms with van der Waals surface area (Å²) in [6.07, 6.45) is 0. The SMILES string of the molecule is CCOC(=O)c1oc2cc(OC(=O)c3cccs3)ccc2c(=O)c1-c1ccc(Br)cc1. The highest BCUT2D eigenvalue weighted by atomic mass is 79.9. The molecule has 2 aromatic carbocycles. The van der Waals surface area contributed by atoms with Crippen LogP contribution < -0.4 is 10.2 Å². The summed E-state index contributed by atoms with van der Waals surface area (Å²) in [5.41, 5.74) is 0.366. The summed E-state index contributed by atoms with van der Waals surface area (Å²) >= 11 is 4.61. The van der Waals surface area contributed by atoms with Gasteiger partial charge in [0.05, 0.1) is 17.6 Å². The van der Waals surface area contributed by atoms with Gasteiger partial charge in [0.2, 0.25) is 11.2 Å². The highest BCUT2D eigenvalue weighted by Gasteiger charge is 2.23. The molecule has 0 saturated heterocycles. The van der Waals surface area contributed by atoms with E-state index in [0.717, 1.165) is 4.47 Å². The molecular weight excluding hydrogens is 484 g/mol. The third-order valence-electron chi connectivity index (χ3n) is 4.39. The smallest absolute Gasteiger partial charge is 0.375 e. The molecule has 156 valence electrons. The molecule has 0 aliphatic rings. The van der Waals surface area contributed by atoms with Gasteiger partial charge in [0.25, 0.3) is 0 Å². The number of carbonyl (C=O) groups is 2.